The topological polar surface area (TPSA) is 138 Å². The van der Waals surface area contributed by atoms with E-state index in [1.54, 1.807) is 30.3 Å². The van der Waals surface area contributed by atoms with E-state index in [1.807, 2.05) is 6.07 Å². The van der Waals surface area contributed by atoms with Gasteiger partial charge in [-0.15, -0.1) is 0 Å². The average molecular weight is 580 g/mol. The summed E-state index contributed by atoms with van der Waals surface area (Å²) in [5, 5.41) is 25.5. The Kier molecular flexibility index (Phi) is 7.34. The van der Waals surface area contributed by atoms with E-state index >= 15 is 0 Å². The predicted molar refractivity (Wildman–Crippen MR) is 144 cm³/mol. The van der Waals surface area contributed by atoms with Crippen LogP contribution in [-0.4, -0.2) is 60.2 Å². The van der Waals surface area contributed by atoms with Crippen molar-refractivity contribution in [3.8, 4) is 28.8 Å². The molecular weight excluding hydrogens is 555 g/mol. The van der Waals surface area contributed by atoms with Crippen molar-refractivity contribution in [2.45, 2.75) is 32.0 Å². The van der Waals surface area contributed by atoms with Gasteiger partial charge in [0.1, 0.15) is 5.69 Å². The average Bonchev–Trinajstić information content (AvgIpc) is 3.54. The molecule has 0 spiro atoms. The number of imidazole rings is 1. The van der Waals surface area contributed by atoms with Crippen LogP contribution in [0.4, 0.5) is 22.8 Å². The summed E-state index contributed by atoms with van der Waals surface area (Å²) >= 11 is 0. The van der Waals surface area contributed by atoms with Crippen LogP contribution in [0.3, 0.4) is 0 Å². The second kappa shape index (κ2) is 10.9. The number of rotatable bonds is 4. The summed E-state index contributed by atoms with van der Waals surface area (Å²) in [5.41, 5.74) is -0.432. The minimum Gasteiger partial charge on any atom is -0.465 e. The summed E-state index contributed by atoms with van der Waals surface area (Å²) in [6.45, 7) is 1.90. The molecule has 2 N–H and O–H groups in total. The zero-order valence-electron chi connectivity index (χ0n) is 22.2. The van der Waals surface area contributed by atoms with Crippen molar-refractivity contribution >= 4 is 12.1 Å². The Balaban J connectivity index is 1.63. The Morgan fingerprint density at radius 2 is 1.76 bits per heavy atom. The smallest absolute Gasteiger partial charge is 0.416 e. The van der Waals surface area contributed by atoms with Crippen LogP contribution in [0.2, 0.25) is 0 Å². The first-order chi connectivity index (χ1) is 20.0. The summed E-state index contributed by atoms with van der Waals surface area (Å²) in [6.07, 6.45) is -3.64. The fourth-order valence-corrected chi connectivity index (χ4v) is 5.04. The van der Waals surface area contributed by atoms with Crippen LogP contribution in [0.25, 0.3) is 22.8 Å². The molecule has 42 heavy (non-hydrogen) atoms. The second-order valence-corrected chi connectivity index (χ2v) is 9.72. The Morgan fingerprint density at radius 3 is 2.38 bits per heavy atom. The van der Waals surface area contributed by atoms with Crippen LogP contribution >= 0.6 is 0 Å². The number of carbonyl (C=O) groups excluding carboxylic acids is 1. The van der Waals surface area contributed by atoms with E-state index < -0.39 is 35.6 Å². The van der Waals surface area contributed by atoms with Gasteiger partial charge in [-0.25, -0.2) is 23.6 Å². The molecule has 0 atom stereocenters. The first-order valence-electron chi connectivity index (χ1n) is 12.8. The highest BCUT2D eigenvalue weighted by Gasteiger charge is 2.33. The Morgan fingerprint density at radius 1 is 1.07 bits per heavy atom. The standard InChI is InChI=1S/C28H24F3N7O4/c1-17-24(23-9-12-33-38(23)21-7-5-18(16-32)6-8-21)37(25(39)34-20-10-13-35(14-11-20)27(41)42)26(40)36(17)22-4-2-3-19(15-22)28(29,30)31/h2-9,12,15,20H,10-11,13-14H2,1H3,(H,34,39)(H,41,42). The second-order valence-electron chi connectivity index (χ2n) is 9.72. The molecule has 1 aliphatic rings. The van der Waals surface area contributed by atoms with E-state index in [-0.39, 0.29) is 30.2 Å². The molecule has 0 saturated carbocycles. The van der Waals surface area contributed by atoms with Gasteiger partial charge in [0.25, 0.3) is 0 Å². The van der Waals surface area contributed by atoms with Gasteiger partial charge in [0.05, 0.1) is 46.2 Å². The third kappa shape index (κ3) is 5.24. The maximum absolute atomic E-state index is 13.9. The fourth-order valence-electron chi connectivity index (χ4n) is 5.04. The first-order valence-corrected chi connectivity index (χ1v) is 12.8. The van der Waals surface area contributed by atoms with Gasteiger partial charge in [0.2, 0.25) is 0 Å². The minimum absolute atomic E-state index is 0.0840. The molecular formula is C28H24F3N7O4. The lowest BCUT2D eigenvalue weighted by atomic mass is 10.1. The molecule has 216 valence electrons. The molecule has 1 fully saturated rings. The number of nitrogens with zero attached hydrogens (tertiary/aromatic N) is 6. The fraction of sp³-hybridized carbons (Fsp3) is 0.250. The number of piperidine rings is 1. The number of likely N-dealkylation sites (tertiary alicyclic amines) is 1. The maximum atomic E-state index is 13.9. The molecule has 0 aliphatic carbocycles. The third-order valence-electron chi connectivity index (χ3n) is 7.14. The first kappa shape index (κ1) is 28.2. The van der Waals surface area contributed by atoms with Crippen molar-refractivity contribution in [3.63, 3.8) is 0 Å². The zero-order valence-corrected chi connectivity index (χ0v) is 22.2. The molecule has 1 saturated heterocycles. The lowest BCUT2D eigenvalue weighted by Crippen LogP contribution is -2.48. The molecule has 4 aromatic rings. The largest absolute Gasteiger partial charge is 0.465 e. The number of benzene rings is 2. The minimum atomic E-state index is -4.66. The maximum Gasteiger partial charge on any atom is 0.416 e. The van der Waals surface area contributed by atoms with Gasteiger partial charge in [-0.1, -0.05) is 6.07 Å². The third-order valence-corrected chi connectivity index (χ3v) is 7.14. The number of amides is 2. The molecule has 2 aromatic carbocycles. The zero-order chi connectivity index (χ0) is 30.2. The van der Waals surface area contributed by atoms with Gasteiger partial charge in [0, 0.05) is 19.1 Å². The van der Waals surface area contributed by atoms with Gasteiger partial charge in [-0.3, -0.25) is 4.57 Å². The molecule has 0 radical (unpaired) electrons. The quantitative estimate of drug-likeness (QED) is 0.368. The number of hydrogen-bond donors (Lipinski definition) is 2. The summed E-state index contributed by atoms with van der Waals surface area (Å²) < 4.78 is 43.9. The summed E-state index contributed by atoms with van der Waals surface area (Å²) in [7, 11) is 0. The lowest BCUT2D eigenvalue weighted by Gasteiger charge is -2.30. The van der Waals surface area contributed by atoms with Crippen molar-refractivity contribution in [3.05, 3.63) is 88.1 Å². The summed E-state index contributed by atoms with van der Waals surface area (Å²) in [5.74, 6) is 0. The van der Waals surface area contributed by atoms with Gasteiger partial charge < -0.3 is 15.3 Å². The van der Waals surface area contributed by atoms with E-state index in [2.05, 4.69) is 10.4 Å². The monoisotopic (exact) mass is 579 g/mol. The van der Waals surface area contributed by atoms with Gasteiger partial charge in [-0.2, -0.15) is 23.5 Å². The highest BCUT2D eigenvalue weighted by Crippen LogP contribution is 2.32. The lowest BCUT2D eigenvalue weighted by molar-refractivity contribution is -0.137. The van der Waals surface area contributed by atoms with Crippen molar-refractivity contribution in [1.82, 2.24) is 29.1 Å². The number of aromatic nitrogens is 4. The van der Waals surface area contributed by atoms with E-state index in [0.717, 1.165) is 21.3 Å². The Labute approximate surface area is 236 Å². The van der Waals surface area contributed by atoms with Crippen LogP contribution in [-0.2, 0) is 6.18 Å². The number of nitrogens with one attached hydrogen (secondary N) is 1. The van der Waals surface area contributed by atoms with E-state index in [0.29, 0.717) is 29.8 Å². The number of halogens is 3. The highest BCUT2D eigenvalue weighted by atomic mass is 19.4. The molecule has 0 unspecified atom stereocenters. The van der Waals surface area contributed by atoms with Gasteiger partial charge in [-0.05, 0) is 68.3 Å². The molecule has 3 heterocycles. The number of carbonyl (C=O) groups is 2. The van der Waals surface area contributed by atoms with Gasteiger partial charge >= 0.3 is 24.0 Å². The summed E-state index contributed by atoms with van der Waals surface area (Å²) in [6, 6.07) is 13.0. The molecule has 2 amide bonds. The number of alkyl halides is 3. The molecule has 0 bridgehead atoms. The predicted octanol–water partition coefficient (Wildman–Crippen LogP) is 4.39. The van der Waals surface area contributed by atoms with Crippen LogP contribution < -0.4 is 11.0 Å². The molecule has 11 nitrogen and oxygen atoms in total. The van der Waals surface area contributed by atoms with Crippen LogP contribution in [0.15, 0.2) is 65.6 Å². The van der Waals surface area contributed by atoms with Crippen molar-refractivity contribution in [2.75, 3.05) is 13.1 Å². The van der Waals surface area contributed by atoms with E-state index in [1.165, 1.54) is 34.8 Å². The SMILES string of the molecule is Cc1c(-c2ccnn2-c2ccc(C#N)cc2)n(C(=O)NC2CCN(C(=O)O)CC2)c(=O)n1-c1cccc(C(F)(F)F)c1. The van der Waals surface area contributed by atoms with Crippen LogP contribution in [0.5, 0.6) is 0 Å². The normalized spacial score (nSPS) is 14.0. The van der Waals surface area contributed by atoms with Crippen LogP contribution in [0.1, 0.15) is 29.7 Å². The van der Waals surface area contributed by atoms with Crippen molar-refractivity contribution < 1.29 is 27.9 Å². The highest BCUT2D eigenvalue weighted by molar-refractivity contribution is 5.83. The van der Waals surface area contributed by atoms with E-state index in [9.17, 15) is 32.7 Å². The van der Waals surface area contributed by atoms with Crippen molar-refractivity contribution in [1.29, 1.82) is 5.26 Å². The molecule has 2 aromatic heterocycles. The van der Waals surface area contributed by atoms with Crippen LogP contribution in [0, 0.1) is 18.3 Å². The molecule has 1 aliphatic heterocycles. The number of hydrogen-bond acceptors (Lipinski definition) is 5. The summed E-state index contributed by atoms with van der Waals surface area (Å²) in [4.78, 5) is 40.0. The Bertz CT molecular complexity index is 1760. The van der Waals surface area contributed by atoms with E-state index in [4.69, 9.17) is 5.26 Å². The number of nitriles is 1. The molecule has 5 rings (SSSR count). The molecule has 14 heteroatoms. The number of carboxylic acid groups (broad SMARTS) is 1. The van der Waals surface area contributed by atoms with Gasteiger partial charge in [0.15, 0.2) is 0 Å². The Hall–Kier alpha value is -5.32. The van der Waals surface area contributed by atoms with Crippen molar-refractivity contribution in [2.24, 2.45) is 0 Å².